The number of hydrogen-bond donors (Lipinski definition) is 1. The number of sulfone groups is 1. The van der Waals surface area contributed by atoms with Gasteiger partial charge in [0.05, 0.1) is 39.4 Å². The van der Waals surface area contributed by atoms with Gasteiger partial charge in [-0.2, -0.15) is 18.4 Å². The van der Waals surface area contributed by atoms with Crippen LogP contribution in [0, 0.1) is 11.3 Å². The van der Waals surface area contributed by atoms with Gasteiger partial charge < -0.3 is 10.0 Å². The number of carboxylic acids is 1. The molecule has 0 spiro atoms. The van der Waals surface area contributed by atoms with Crippen molar-refractivity contribution in [1.29, 1.82) is 5.26 Å². The number of amides is 2. The third kappa shape index (κ3) is 4.34. The van der Waals surface area contributed by atoms with E-state index in [1.165, 1.54) is 32.2 Å². The highest BCUT2D eigenvalue weighted by atomic mass is 32.2. The number of hydrogen-bond acceptors (Lipinski definition) is 5. The molecule has 0 radical (unpaired) electrons. The molecule has 0 saturated carbocycles. The number of nitrogens with zero attached hydrogens (tertiary/aromatic N) is 3. The smallest absolute Gasteiger partial charge is 0.416 e. The minimum absolute atomic E-state index is 0.0112. The standard InChI is InChI=1S/C22H18F3N3O5S/c1-12-18(20(29)30)19(16-8-7-13(11-26)9-17(16)34(3,32)33)27(2)21(31)28(12)15-6-4-5-14(10-15)22(23,24)25/h4-10,19H,1-3H3,(H,29,30)/t19-/m1/s1. The second-order valence-electron chi connectivity index (χ2n) is 7.62. The number of benzene rings is 2. The Bertz CT molecular complexity index is 1380. The summed E-state index contributed by atoms with van der Waals surface area (Å²) in [4.78, 5) is 27.0. The first-order valence-corrected chi connectivity index (χ1v) is 11.5. The Labute approximate surface area is 193 Å². The molecule has 2 aromatic rings. The Morgan fingerprint density at radius 3 is 2.35 bits per heavy atom. The first-order chi connectivity index (χ1) is 15.7. The van der Waals surface area contributed by atoms with Gasteiger partial charge >= 0.3 is 18.2 Å². The van der Waals surface area contributed by atoms with Crippen LogP contribution in [0.1, 0.15) is 29.7 Å². The molecule has 2 amide bonds. The molecule has 0 aromatic heterocycles. The number of allylic oxidation sites excluding steroid dienone is 1. The number of nitriles is 1. The number of urea groups is 1. The van der Waals surface area contributed by atoms with Crippen molar-refractivity contribution in [2.45, 2.75) is 24.0 Å². The lowest BCUT2D eigenvalue weighted by Crippen LogP contribution is -2.49. The van der Waals surface area contributed by atoms with Crippen molar-refractivity contribution in [3.05, 3.63) is 70.4 Å². The van der Waals surface area contributed by atoms with Gasteiger partial charge in [0, 0.05) is 19.0 Å². The molecule has 34 heavy (non-hydrogen) atoms. The quantitative estimate of drug-likeness (QED) is 0.689. The van der Waals surface area contributed by atoms with Gasteiger partial charge in [0.15, 0.2) is 9.84 Å². The average Bonchev–Trinajstić information content (AvgIpc) is 2.74. The molecule has 12 heteroatoms. The van der Waals surface area contributed by atoms with E-state index < -0.39 is 45.2 Å². The van der Waals surface area contributed by atoms with Crippen molar-refractivity contribution in [3.63, 3.8) is 0 Å². The summed E-state index contributed by atoms with van der Waals surface area (Å²) < 4.78 is 64.5. The van der Waals surface area contributed by atoms with E-state index in [0.717, 1.165) is 40.3 Å². The van der Waals surface area contributed by atoms with Crippen molar-refractivity contribution < 1.29 is 36.3 Å². The van der Waals surface area contributed by atoms with Gasteiger partial charge in [0.25, 0.3) is 0 Å². The Morgan fingerprint density at radius 1 is 1.18 bits per heavy atom. The van der Waals surface area contributed by atoms with Crippen LogP contribution >= 0.6 is 0 Å². The molecule has 3 rings (SSSR count). The Kier molecular flexibility index (Phi) is 6.19. The molecule has 0 saturated heterocycles. The summed E-state index contributed by atoms with van der Waals surface area (Å²) in [5.74, 6) is -1.50. The van der Waals surface area contributed by atoms with Crippen molar-refractivity contribution in [2.75, 3.05) is 18.2 Å². The van der Waals surface area contributed by atoms with Gasteiger partial charge in [0.2, 0.25) is 0 Å². The van der Waals surface area contributed by atoms with Crippen LogP contribution in [0.4, 0.5) is 23.7 Å². The predicted octanol–water partition coefficient (Wildman–Crippen LogP) is 3.95. The average molecular weight is 493 g/mol. The number of rotatable bonds is 4. The highest BCUT2D eigenvalue weighted by Crippen LogP contribution is 2.41. The van der Waals surface area contributed by atoms with Gasteiger partial charge in [-0.15, -0.1) is 0 Å². The fourth-order valence-corrected chi connectivity index (χ4v) is 4.78. The second-order valence-corrected chi connectivity index (χ2v) is 9.60. The zero-order valence-electron chi connectivity index (χ0n) is 18.1. The normalized spacial score (nSPS) is 17.1. The number of likely N-dealkylation sites (N-methyl/N-ethyl adjacent to an activating group) is 1. The number of carbonyl (C=O) groups is 2. The molecule has 0 aliphatic carbocycles. The molecule has 2 aromatic carbocycles. The third-order valence-electron chi connectivity index (χ3n) is 5.38. The summed E-state index contributed by atoms with van der Waals surface area (Å²) in [5, 5.41) is 19.1. The number of carboxylic acid groups (broad SMARTS) is 1. The molecule has 0 unspecified atom stereocenters. The molecule has 1 atom stereocenters. The van der Waals surface area contributed by atoms with Crippen LogP contribution in [-0.2, 0) is 20.8 Å². The summed E-state index contributed by atoms with van der Waals surface area (Å²) >= 11 is 0. The van der Waals surface area contributed by atoms with E-state index >= 15 is 0 Å². The minimum atomic E-state index is -4.69. The Morgan fingerprint density at radius 2 is 1.82 bits per heavy atom. The molecule has 1 aliphatic heterocycles. The molecule has 0 fully saturated rings. The predicted molar refractivity (Wildman–Crippen MR) is 114 cm³/mol. The van der Waals surface area contributed by atoms with E-state index in [1.807, 2.05) is 0 Å². The van der Waals surface area contributed by atoms with Gasteiger partial charge in [-0.25, -0.2) is 18.0 Å². The molecular formula is C22H18F3N3O5S. The van der Waals surface area contributed by atoms with E-state index in [2.05, 4.69) is 0 Å². The molecule has 1 N–H and O–H groups in total. The van der Waals surface area contributed by atoms with Crippen LogP contribution in [0.25, 0.3) is 0 Å². The Hall–Kier alpha value is -3.85. The largest absolute Gasteiger partial charge is 0.478 e. The highest BCUT2D eigenvalue weighted by Gasteiger charge is 2.42. The molecule has 1 heterocycles. The van der Waals surface area contributed by atoms with E-state index in [9.17, 15) is 36.3 Å². The van der Waals surface area contributed by atoms with Crippen molar-refractivity contribution in [2.24, 2.45) is 0 Å². The molecule has 178 valence electrons. The van der Waals surface area contributed by atoms with Crippen LogP contribution < -0.4 is 4.90 Å². The first-order valence-electron chi connectivity index (χ1n) is 9.60. The summed E-state index contributed by atoms with van der Waals surface area (Å²) in [6.45, 7) is 1.26. The number of aliphatic carboxylic acids is 1. The van der Waals surface area contributed by atoms with Crippen LogP contribution in [-0.4, -0.2) is 43.7 Å². The Balaban J connectivity index is 2.30. The number of anilines is 1. The monoisotopic (exact) mass is 493 g/mol. The summed E-state index contributed by atoms with van der Waals surface area (Å²) in [5.41, 5.74) is -1.86. The van der Waals surface area contributed by atoms with Crippen LogP contribution in [0.3, 0.4) is 0 Å². The van der Waals surface area contributed by atoms with E-state index in [-0.39, 0.29) is 27.4 Å². The van der Waals surface area contributed by atoms with Crippen molar-refractivity contribution in [1.82, 2.24) is 4.90 Å². The van der Waals surface area contributed by atoms with E-state index in [4.69, 9.17) is 5.26 Å². The topological polar surface area (TPSA) is 119 Å². The number of carbonyl (C=O) groups excluding carboxylic acids is 1. The molecular weight excluding hydrogens is 475 g/mol. The first kappa shape index (κ1) is 24.8. The van der Waals surface area contributed by atoms with Crippen LogP contribution in [0.5, 0.6) is 0 Å². The maximum Gasteiger partial charge on any atom is 0.416 e. The summed E-state index contributed by atoms with van der Waals surface area (Å²) in [6.07, 6.45) is -3.81. The fourth-order valence-electron chi connectivity index (χ4n) is 3.84. The van der Waals surface area contributed by atoms with Crippen LogP contribution in [0.2, 0.25) is 0 Å². The lowest BCUT2D eigenvalue weighted by Gasteiger charge is -2.41. The maximum atomic E-state index is 13.3. The lowest BCUT2D eigenvalue weighted by molar-refractivity contribution is -0.137. The van der Waals surface area contributed by atoms with E-state index in [0.29, 0.717) is 0 Å². The summed E-state index contributed by atoms with van der Waals surface area (Å²) in [7, 11) is -2.74. The second kappa shape index (κ2) is 8.49. The molecule has 8 nitrogen and oxygen atoms in total. The zero-order valence-corrected chi connectivity index (χ0v) is 18.9. The SMILES string of the molecule is CC1=C(C(=O)O)[C@@H](c2ccc(C#N)cc2S(C)(=O)=O)N(C)C(=O)N1c1cccc(C(F)(F)F)c1. The zero-order chi connectivity index (χ0) is 25.6. The van der Waals surface area contributed by atoms with Gasteiger partial charge in [-0.3, -0.25) is 4.90 Å². The number of alkyl halides is 3. The van der Waals surface area contributed by atoms with Gasteiger partial charge in [-0.05, 0) is 42.8 Å². The number of halogens is 3. The minimum Gasteiger partial charge on any atom is -0.478 e. The summed E-state index contributed by atoms with van der Waals surface area (Å²) in [6, 6.07) is 7.03. The van der Waals surface area contributed by atoms with Crippen LogP contribution in [0.15, 0.2) is 58.6 Å². The highest BCUT2D eigenvalue weighted by molar-refractivity contribution is 7.90. The van der Waals surface area contributed by atoms with E-state index in [1.54, 1.807) is 6.07 Å². The van der Waals surface area contributed by atoms with Gasteiger partial charge in [-0.1, -0.05) is 12.1 Å². The van der Waals surface area contributed by atoms with Crippen molar-refractivity contribution >= 4 is 27.5 Å². The van der Waals surface area contributed by atoms with Gasteiger partial charge in [0.1, 0.15) is 0 Å². The fraction of sp³-hybridized carbons (Fsp3) is 0.227. The lowest BCUT2D eigenvalue weighted by atomic mass is 9.92. The maximum absolute atomic E-state index is 13.3. The molecule has 1 aliphatic rings. The molecule has 0 bridgehead atoms. The third-order valence-corrected chi connectivity index (χ3v) is 6.53. The van der Waals surface area contributed by atoms with Crippen molar-refractivity contribution in [3.8, 4) is 6.07 Å².